The first-order valence-electron chi connectivity index (χ1n) is 14.0. The molecule has 10 nitrogen and oxygen atoms in total. The van der Waals surface area contributed by atoms with Crippen LogP contribution in [0.3, 0.4) is 0 Å². The zero-order valence-corrected chi connectivity index (χ0v) is 25.4. The van der Waals surface area contributed by atoms with Crippen LogP contribution in [0, 0.1) is 11.6 Å². The molecule has 0 radical (unpaired) electrons. The molecule has 2 aromatic carbocycles. The van der Waals surface area contributed by atoms with E-state index < -0.39 is 76.0 Å². The van der Waals surface area contributed by atoms with Gasteiger partial charge >= 0.3 is 6.18 Å². The van der Waals surface area contributed by atoms with Gasteiger partial charge in [-0.3, -0.25) is 9.59 Å². The van der Waals surface area contributed by atoms with Crippen molar-refractivity contribution in [1.29, 1.82) is 0 Å². The molecule has 4 N–H and O–H groups in total. The largest absolute Gasteiger partial charge is 0.494 e. The molecule has 0 saturated heterocycles. The quantitative estimate of drug-likeness (QED) is 0.148. The second-order valence-corrected chi connectivity index (χ2v) is 11.2. The number of nitrogens with two attached hydrogens (primary N) is 1. The summed E-state index contributed by atoms with van der Waals surface area (Å²) >= 11 is 6.01. The Hall–Kier alpha value is -4.57. The highest BCUT2D eigenvalue weighted by Crippen LogP contribution is 2.46. The van der Waals surface area contributed by atoms with Gasteiger partial charge in [-0.05, 0) is 37.3 Å². The molecule has 0 unspecified atom stereocenters. The summed E-state index contributed by atoms with van der Waals surface area (Å²) in [5.41, 5.74) is -1.01. The topological polar surface area (TPSA) is 142 Å². The van der Waals surface area contributed by atoms with Gasteiger partial charge in [-0.25, -0.2) is 22.8 Å². The number of aromatic nitrogens is 3. The zero-order valence-electron chi connectivity index (χ0n) is 24.6. The normalized spacial score (nSPS) is 15.3. The van der Waals surface area contributed by atoms with Gasteiger partial charge in [0.05, 0.1) is 37.4 Å². The maximum Gasteiger partial charge on any atom is 0.424 e. The highest BCUT2D eigenvalue weighted by molar-refractivity contribution is 6.33. The second-order valence-electron chi connectivity index (χ2n) is 10.8. The van der Waals surface area contributed by atoms with E-state index in [0.29, 0.717) is 12.1 Å². The van der Waals surface area contributed by atoms with Gasteiger partial charge in [0, 0.05) is 41.1 Å². The highest BCUT2D eigenvalue weighted by atomic mass is 35.5. The Balaban J connectivity index is 1.58. The Morgan fingerprint density at radius 3 is 2.49 bits per heavy atom. The monoisotopic (exact) mass is 685 g/mol. The summed E-state index contributed by atoms with van der Waals surface area (Å²) < 4.78 is 98.9. The fraction of sp³-hybridized carbons (Fsp3) is 0.333. The van der Waals surface area contributed by atoms with E-state index in [9.17, 15) is 41.0 Å². The molecule has 0 aliphatic heterocycles. The van der Waals surface area contributed by atoms with Crippen LogP contribution in [-0.2, 0) is 22.6 Å². The molecule has 1 fully saturated rings. The molecule has 1 aliphatic carbocycles. The fourth-order valence-corrected chi connectivity index (χ4v) is 5.13. The third kappa shape index (κ3) is 6.26. The summed E-state index contributed by atoms with van der Waals surface area (Å²) in [4.78, 5) is 29.0. The average Bonchev–Trinajstić information content (AvgIpc) is 3.60. The lowest BCUT2D eigenvalue weighted by Crippen LogP contribution is -2.51. The molecule has 2 heterocycles. The Morgan fingerprint density at radius 1 is 1.19 bits per heavy atom. The van der Waals surface area contributed by atoms with Gasteiger partial charge < -0.3 is 25.6 Å². The van der Waals surface area contributed by atoms with E-state index in [-0.39, 0.29) is 53.0 Å². The highest BCUT2D eigenvalue weighted by Gasteiger charge is 2.57. The van der Waals surface area contributed by atoms with Crippen LogP contribution in [0.15, 0.2) is 36.5 Å². The van der Waals surface area contributed by atoms with E-state index in [0.717, 1.165) is 10.7 Å². The van der Waals surface area contributed by atoms with E-state index in [2.05, 4.69) is 10.1 Å². The Kier molecular flexibility index (Phi) is 8.79. The summed E-state index contributed by atoms with van der Waals surface area (Å²) in [5, 5.41) is 16.8. The first-order chi connectivity index (χ1) is 22.0. The lowest BCUT2D eigenvalue weighted by Gasteiger charge is -2.31. The summed E-state index contributed by atoms with van der Waals surface area (Å²) in [6.07, 6.45) is -4.42. The molecule has 2 amide bonds. The van der Waals surface area contributed by atoms with Crippen LogP contribution < -0.4 is 20.5 Å². The molecular formula is C30H26ClF6N5O5. The van der Waals surface area contributed by atoms with Crippen LogP contribution in [0.1, 0.15) is 41.4 Å². The number of fused-ring (bicyclic) bond motifs is 1. The second kappa shape index (κ2) is 12.2. The van der Waals surface area contributed by atoms with Crippen LogP contribution in [0.25, 0.3) is 22.2 Å². The Bertz CT molecular complexity index is 1900. The smallest absolute Gasteiger partial charge is 0.424 e. The summed E-state index contributed by atoms with van der Waals surface area (Å²) in [7, 11) is 1.26. The molecule has 1 aliphatic rings. The minimum Gasteiger partial charge on any atom is -0.494 e. The SMILES string of the molecule is CCOc1c(CC(N)=O)cc([C@@](O)(CNC(=O)c2cc(OC)c3nn(C4(F)CC4)cc3c2)C(F)(F)F)nc1-c1ccc(F)c(F)c1Cl. The average molecular weight is 686 g/mol. The Labute approximate surface area is 267 Å². The van der Waals surface area contributed by atoms with Gasteiger partial charge in [0.15, 0.2) is 11.6 Å². The number of pyridine rings is 1. The van der Waals surface area contributed by atoms with Crippen molar-refractivity contribution in [3.05, 3.63) is 70.0 Å². The minimum atomic E-state index is -5.51. The lowest BCUT2D eigenvalue weighted by molar-refractivity contribution is -0.265. The number of nitrogens with one attached hydrogen (secondary N) is 1. The number of benzene rings is 2. The molecular weight excluding hydrogens is 660 g/mol. The van der Waals surface area contributed by atoms with Crippen LogP contribution in [0.4, 0.5) is 26.3 Å². The van der Waals surface area contributed by atoms with Crippen molar-refractivity contribution in [2.45, 2.75) is 43.8 Å². The maximum absolute atomic E-state index is 14.7. The number of carbonyl (C=O) groups excluding carboxylic acids is 2. The molecule has 5 rings (SSSR count). The van der Waals surface area contributed by atoms with Gasteiger partial charge in [0.1, 0.15) is 22.7 Å². The number of rotatable bonds is 11. The van der Waals surface area contributed by atoms with Gasteiger partial charge in [-0.1, -0.05) is 11.6 Å². The number of aliphatic hydroxyl groups is 1. The standard InChI is InChI=1S/C30H26ClF6N5O5/c1-3-47-26-14(11-21(38)43)10-20(40-25(26)17-4-5-18(32)23(33)22(17)31)29(45,30(35,36)37)13-39-27(44)15-8-16-12-42(28(34)6-7-28)41-24(16)19(9-15)46-2/h4-5,8-10,12,45H,3,6-7,11,13H2,1-2H3,(H2,38,43)(H,39,44)/t29-/m0/s1. The molecule has 17 heteroatoms. The zero-order chi connectivity index (χ0) is 34.5. The number of carbonyl (C=O) groups is 2. The lowest BCUT2D eigenvalue weighted by atomic mass is 9.93. The van der Waals surface area contributed by atoms with E-state index in [1.165, 1.54) is 32.4 Å². The predicted molar refractivity (Wildman–Crippen MR) is 156 cm³/mol. The number of ether oxygens (including phenoxy) is 2. The number of halogens is 7. The van der Waals surface area contributed by atoms with Gasteiger partial charge in [-0.15, -0.1) is 0 Å². The molecule has 2 aromatic heterocycles. The predicted octanol–water partition coefficient (Wildman–Crippen LogP) is 5.06. The molecule has 250 valence electrons. The van der Waals surface area contributed by atoms with Crippen molar-refractivity contribution in [2.75, 3.05) is 20.3 Å². The summed E-state index contributed by atoms with van der Waals surface area (Å²) in [6.45, 7) is -0.122. The maximum atomic E-state index is 14.7. The van der Waals surface area contributed by atoms with Crippen LogP contribution in [0.5, 0.6) is 11.5 Å². The number of hydrogen-bond acceptors (Lipinski definition) is 7. The van der Waals surface area contributed by atoms with Gasteiger partial charge in [0.2, 0.25) is 17.3 Å². The van der Waals surface area contributed by atoms with Crippen LogP contribution >= 0.6 is 11.6 Å². The number of methoxy groups -OCH3 is 1. The van der Waals surface area contributed by atoms with E-state index in [4.69, 9.17) is 26.8 Å². The number of hydrogen-bond donors (Lipinski definition) is 3. The van der Waals surface area contributed by atoms with E-state index in [1.807, 2.05) is 5.32 Å². The summed E-state index contributed by atoms with van der Waals surface area (Å²) in [5.74, 6) is -6.96. The molecule has 47 heavy (non-hydrogen) atoms. The number of alkyl halides is 4. The van der Waals surface area contributed by atoms with Crippen molar-refractivity contribution < 1.29 is 50.5 Å². The minimum absolute atomic E-state index is 0.0408. The fourth-order valence-electron chi connectivity index (χ4n) is 4.89. The molecule has 1 atom stereocenters. The van der Waals surface area contributed by atoms with Crippen molar-refractivity contribution >= 4 is 34.3 Å². The third-order valence-electron chi connectivity index (χ3n) is 7.52. The van der Waals surface area contributed by atoms with Gasteiger partial charge in [-0.2, -0.15) is 18.3 Å². The van der Waals surface area contributed by atoms with E-state index in [1.54, 1.807) is 0 Å². The molecule has 4 aromatic rings. The third-order valence-corrected chi connectivity index (χ3v) is 7.89. The first-order valence-corrected chi connectivity index (χ1v) is 14.3. The van der Waals surface area contributed by atoms with Gasteiger partial charge in [0.25, 0.3) is 5.91 Å². The van der Waals surface area contributed by atoms with Crippen molar-refractivity contribution in [2.24, 2.45) is 5.73 Å². The number of nitrogens with zero attached hydrogens (tertiary/aromatic N) is 3. The Morgan fingerprint density at radius 2 is 1.89 bits per heavy atom. The summed E-state index contributed by atoms with van der Waals surface area (Å²) in [6, 6.07) is 4.73. The first kappa shape index (κ1) is 33.8. The van der Waals surface area contributed by atoms with Crippen LogP contribution in [-0.4, -0.2) is 58.1 Å². The van der Waals surface area contributed by atoms with Crippen molar-refractivity contribution in [3.63, 3.8) is 0 Å². The number of primary amides is 1. The number of amides is 2. The molecule has 0 spiro atoms. The van der Waals surface area contributed by atoms with Crippen LogP contribution in [0.2, 0.25) is 5.02 Å². The molecule has 0 bridgehead atoms. The van der Waals surface area contributed by atoms with Crippen molar-refractivity contribution in [3.8, 4) is 22.8 Å². The molecule has 1 saturated carbocycles. The van der Waals surface area contributed by atoms with Crippen molar-refractivity contribution in [1.82, 2.24) is 20.1 Å². The van der Waals surface area contributed by atoms with E-state index >= 15 is 0 Å².